The molecule has 1 aliphatic carbocycles. The summed E-state index contributed by atoms with van der Waals surface area (Å²) in [6.45, 7) is 12.7. The van der Waals surface area contributed by atoms with Gasteiger partial charge in [-0.3, -0.25) is 33.8 Å². The number of rotatable bonds is 14. The summed E-state index contributed by atoms with van der Waals surface area (Å²) in [4.78, 5) is 90.6. The minimum absolute atomic E-state index is 0.0293. The number of carbonyl (C=O) groups is 6. The second kappa shape index (κ2) is 16.0. The van der Waals surface area contributed by atoms with Crippen LogP contribution in [0.4, 0.5) is 0 Å². The standard InChI is InChI=1S/C37H51N7O6/c1-8-11-25(29(46)33(48)41-24-14-15-24)40-20-28(45)27-18-22-12-9-10-13-23(22)21-44(27)35(50)31(37(5,6)7)43-34(49)30(36(2,3)4)42-32(47)26-19-38-16-17-39-26/h9-10,12-13,16-17,19,24-25,27,30-31,40H,8,11,14-15,18,20-21H2,1-7H3,(H,41,48)(H,42,47)(H,43,49)/t25-,27-,30+,31+/m0/s1. The van der Waals surface area contributed by atoms with E-state index in [0.29, 0.717) is 12.8 Å². The second-order valence-electron chi connectivity index (χ2n) is 15.4. The van der Waals surface area contributed by atoms with Crippen molar-refractivity contribution >= 4 is 35.2 Å². The van der Waals surface area contributed by atoms with E-state index in [9.17, 15) is 28.8 Å². The molecule has 4 rings (SSSR count). The minimum atomic E-state index is -1.07. The Kier molecular flexibility index (Phi) is 12.3. The van der Waals surface area contributed by atoms with Crippen molar-refractivity contribution < 1.29 is 28.8 Å². The van der Waals surface area contributed by atoms with Gasteiger partial charge < -0.3 is 26.2 Å². The quantitative estimate of drug-likeness (QED) is 0.217. The van der Waals surface area contributed by atoms with Gasteiger partial charge in [0.05, 0.1) is 24.8 Å². The molecule has 0 bridgehead atoms. The average molecular weight is 690 g/mol. The van der Waals surface area contributed by atoms with Gasteiger partial charge in [0, 0.05) is 31.4 Å². The molecule has 13 nitrogen and oxygen atoms in total. The van der Waals surface area contributed by atoms with E-state index in [0.717, 1.165) is 24.0 Å². The monoisotopic (exact) mass is 689 g/mol. The Morgan fingerprint density at radius 1 is 0.900 bits per heavy atom. The van der Waals surface area contributed by atoms with Gasteiger partial charge in [-0.25, -0.2) is 4.98 Å². The molecule has 2 aromatic rings. The van der Waals surface area contributed by atoms with Crippen LogP contribution in [0.2, 0.25) is 0 Å². The van der Waals surface area contributed by atoms with E-state index in [1.54, 1.807) is 20.8 Å². The zero-order chi connectivity index (χ0) is 36.8. The lowest BCUT2D eigenvalue weighted by molar-refractivity contribution is -0.147. The maximum absolute atomic E-state index is 14.6. The number of amides is 4. The molecule has 4 atom stereocenters. The van der Waals surface area contributed by atoms with Crippen LogP contribution in [0, 0.1) is 10.8 Å². The normalized spacial score (nSPS) is 17.8. The van der Waals surface area contributed by atoms with Gasteiger partial charge in [-0.2, -0.15) is 0 Å². The van der Waals surface area contributed by atoms with Crippen molar-refractivity contribution in [3.05, 3.63) is 59.7 Å². The van der Waals surface area contributed by atoms with Crippen molar-refractivity contribution in [2.75, 3.05) is 6.54 Å². The maximum Gasteiger partial charge on any atom is 0.289 e. The van der Waals surface area contributed by atoms with Crippen LogP contribution in [0.15, 0.2) is 42.9 Å². The Morgan fingerprint density at radius 3 is 2.14 bits per heavy atom. The van der Waals surface area contributed by atoms with E-state index in [1.807, 2.05) is 52.0 Å². The highest BCUT2D eigenvalue weighted by Crippen LogP contribution is 2.29. The molecule has 0 radical (unpaired) electrons. The van der Waals surface area contributed by atoms with Crippen molar-refractivity contribution in [2.24, 2.45) is 10.8 Å². The third kappa shape index (κ3) is 9.80. The maximum atomic E-state index is 14.6. The van der Waals surface area contributed by atoms with Crippen LogP contribution in [0.25, 0.3) is 0 Å². The molecule has 4 amide bonds. The largest absolute Gasteiger partial charge is 0.347 e. The number of ketones is 2. The molecule has 270 valence electrons. The first kappa shape index (κ1) is 38.3. The van der Waals surface area contributed by atoms with E-state index < -0.39 is 64.4 Å². The molecular weight excluding hydrogens is 638 g/mol. The van der Waals surface area contributed by atoms with Gasteiger partial charge in [0.2, 0.25) is 17.6 Å². The molecule has 1 aromatic heterocycles. The Morgan fingerprint density at radius 2 is 1.56 bits per heavy atom. The van der Waals surface area contributed by atoms with Crippen LogP contribution in [0.5, 0.6) is 0 Å². The number of benzene rings is 1. The van der Waals surface area contributed by atoms with Crippen molar-refractivity contribution in [3.63, 3.8) is 0 Å². The first-order chi connectivity index (χ1) is 23.5. The van der Waals surface area contributed by atoms with E-state index in [2.05, 4.69) is 31.2 Å². The molecule has 2 heterocycles. The van der Waals surface area contributed by atoms with Crippen LogP contribution in [0.3, 0.4) is 0 Å². The third-order valence-electron chi connectivity index (χ3n) is 9.06. The van der Waals surface area contributed by atoms with Gasteiger partial charge in [-0.15, -0.1) is 0 Å². The van der Waals surface area contributed by atoms with Crippen molar-refractivity contribution in [1.29, 1.82) is 0 Å². The minimum Gasteiger partial charge on any atom is -0.347 e. The summed E-state index contributed by atoms with van der Waals surface area (Å²) >= 11 is 0. The highest BCUT2D eigenvalue weighted by molar-refractivity contribution is 6.38. The Hall–Kier alpha value is -4.52. The lowest BCUT2D eigenvalue weighted by atomic mass is 9.82. The number of carbonyl (C=O) groups excluding carboxylic acids is 6. The molecule has 4 N–H and O–H groups in total. The average Bonchev–Trinajstić information content (AvgIpc) is 3.89. The fourth-order valence-electron chi connectivity index (χ4n) is 5.98. The summed E-state index contributed by atoms with van der Waals surface area (Å²) in [5.41, 5.74) is 0.322. The molecule has 0 spiro atoms. The van der Waals surface area contributed by atoms with Gasteiger partial charge in [-0.05, 0) is 41.2 Å². The molecular formula is C37H51N7O6. The lowest BCUT2D eigenvalue weighted by Gasteiger charge is -2.42. The topological polar surface area (TPSA) is 180 Å². The summed E-state index contributed by atoms with van der Waals surface area (Å²) in [6, 6.07) is 3.78. The van der Waals surface area contributed by atoms with Crippen molar-refractivity contribution in [1.82, 2.24) is 36.1 Å². The SMILES string of the molecule is CCC[C@H](NCC(=O)[C@@H]1Cc2ccccc2CN1C(=O)[C@@H](NC(=O)[C@@H](NC(=O)c1cnccn1)C(C)(C)C)C(C)(C)C)C(=O)C(=O)NC1CC1. The zero-order valence-corrected chi connectivity index (χ0v) is 30.2. The summed E-state index contributed by atoms with van der Waals surface area (Å²) in [5, 5.41) is 11.4. The van der Waals surface area contributed by atoms with E-state index in [1.165, 1.54) is 23.5 Å². The van der Waals surface area contributed by atoms with Crippen LogP contribution >= 0.6 is 0 Å². The number of Topliss-reactive ketones (excluding diaryl/α,β-unsaturated/α-hetero) is 2. The highest BCUT2D eigenvalue weighted by atomic mass is 16.2. The molecule has 0 unspecified atom stereocenters. The Bertz CT molecular complexity index is 1580. The van der Waals surface area contributed by atoms with E-state index >= 15 is 0 Å². The predicted octanol–water partition coefficient (Wildman–Crippen LogP) is 2.28. The fraction of sp³-hybridized carbons (Fsp3) is 0.568. The highest BCUT2D eigenvalue weighted by Gasteiger charge is 2.44. The number of nitrogens with zero attached hydrogens (tertiary/aromatic N) is 3. The third-order valence-corrected chi connectivity index (χ3v) is 9.06. The summed E-state index contributed by atoms with van der Waals surface area (Å²) in [5.74, 6) is -3.16. The smallest absolute Gasteiger partial charge is 0.289 e. The van der Waals surface area contributed by atoms with Crippen LogP contribution in [0.1, 0.15) is 95.8 Å². The number of fused-ring (bicyclic) bond motifs is 1. The first-order valence-electron chi connectivity index (χ1n) is 17.4. The molecule has 0 saturated heterocycles. The van der Waals surface area contributed by atoms with E-state index in [-0.39, 0.29) is 37.0 Å². The van der Waals surface area contributed by atoms with Crippen molar-refractivity contribution in [2.45, 2.75) is 117 Å². The van der Waals surface area contributed by atoms with Crippen LogP contribution < -0.4 is 21.3 Å². The molecule has 2 aliphatic rings. The second-order valence-corrected chi connectivity index (χ2v) is 15.4. The predicted molar refractivity (Wildman–Crippen MR) is 186 cm³/mol. The molecule has 13 heteroatoms. The molecule has 1 fully saturated rings. The summed E-state index contributed by atoms with van der Waals surface area (Å²) < 4.78 is 0. The number of hydrogen-bond acceptors (Lipinski definition) is 9. The van der Waals surface area contributed by atoms with Gasteiger partial charge in [0.25, 0.3) is 11.8 Å². The molecule has 1 aliphatic heterocycles. The summed E-state index contributed by atoms with van der Waals surface area (Å²) in [7, 11) is 0. The summed E-state index contributed by atoms with van der Waals surface area (Å²) in [6.07, 6.45) is 7.07. The van der Waals surface area contributed by atoms with Gasteiger partial charge in [0.1, 0.15) is 17.8 Å². The first-order valence-corrected chi connectivity index (χ1v) is 17.4. The van der Waals surface area contributed by atoms with Gasteiger partial charge >= 0.3 is 0 Å². The molecule has 50 heavy (non-hydrogen) atoms. The number of nitrogens with one attached hydrogen (secondary N) is 4. The van der Waals surface area contributed by atoms with E-state index in [4.69, 9.17) is 0 Å². The van der Waals surface area contributed by atoms with Crippen LogP contribution in [-0.4, -0.2) is 86.8 Å². The number of hydrogen-bond donors (Lipinski definition) is 4. The van der Waals surface area contributed by atoms with Crippen molar-refractivity contribution in [3.8, 4) is 0 Å². The fourth-order valence-corrected chi connectivity index (χ4v) is 5.98. The lowest BCUT2D eigenvalue weighted by Crippen LogP contribution is -2.63. The number of aromatic nitrogens is 2. The molecule has 1 aromatic carbocycles. The van der Waals surface area contributed by atoms with Crippen LogP contribution in [-0.2, 0) is 36.9 Å². The Labute approximate surface area is 294 Å². The zero-order valence-electron chi connectivity index (χ0n) is 30.2. The van der Waals surface area contributed by atoms with Gasteiger partial charge in [-0.1, -0.05) is 79.2 Å². The Balaban J connectivity index is 1.57. The molecule has 1 saturated carbocycles. The van der Waals surface area contributed by atoms with Gasteiger partial charge in [0.15, 0.2) is 5.78 Å².